The Kier molecular flexibility index (Phi) is 4.69. The summed E-state index contributed by atoms with van der Waals surface area (Å²) in [6.07, 6.45) is 0. The summed E-state index contributed by atoms with van der Waals surface area (Å²) < 4.78 is 0. The second-order valence-electron chi connectivity index (χ2n) is 2.22. The summed E-state index contributed by atoms with van der Waals surface area (Å²) in [6.45, 7) is 1.59. The van der Waals surface area contributed by atoms with E-state index in [0.29, 0.717) is 5.75 Å². The molecule has 0 aromatic rings. The molecule has 0 aliphatic heterocycles. The Morgan fingerprint density at radius 2 is 2.18 bits per heavy atom. The molecule has 5 heteroatoms. The molecule has 0 aliphatic carbocycles. The molecule has 0 bridgehead atoms. The lowest BCUT2D eigenvalue weighted by Gasteiger charge is -2.02. The fourth-order valence-corrected chi connectivity index (χ4v) is 1.22. The maximum Gasteiger partial charge on any atom is 0.307 e. The maximum absolute atomic E-state index is 10.2. The van der Waals surface area contributed by atoms with Crippen molar-refractivity contribution in [2.75, 3.05) is 11.5 Å². The van der Waals surface area contributed by atoms with Crippen molar-refractivity contribution in [1.29, 1.82) is 0 Å². The van der Waals surface area contributed by atoms with E-state index in [4.69, 9.17) is 10.8 Å². The standard InChI is InChI=1S/C6H11NO3S/c1-4(6(9)10)2-11-3-5(7)8/h4H,2-3H2,1H3,(H2,7,8)(H,9,10). The third-order valence-corrected chi connectivity index (χ3v) is 2.26. The van der Waals surface area contributed by atoms with Crippen molar-refractivity contribution in [3.63, 3.8) is 0 Å². The molecule has 3 N–H and O–H groups in total. The van der Waals surface area contributed by atoms with E-state index in [9.17, 15) is 9.59 Å². The first-order chi connectivity index (χ1) is 5.04. The number of hydrogen-bond donors (Lipinski definition) is 2. The minimum atomic E-state index is -0.845. The van der Waals surface area contributed by atoms with Crippen LogP contribution in [0.2, 0.25) is 0 Å². The van der Waals surface area contributed by atoms with Gasteiger partial charge in [0.25, 0.3) is 0 Å². The summed E-state index contributed by atoms with van der Waals surface area (Å²) >= 11 is 1.24. The van der Waals surface area contributed by atoms with Crippen LogP contribution in [0.15, 0.2) is 0 Å². The van der Waals surface area contributed by atoms with Crippen LogP contribution in [0.4, 0.5) is 0 Å². The van der Waals surface area contributed by atoms with Crippen LogP contribution in [0.1, 0.15) is 6.92 Å². The Morgan fingerprint density at radius 3 is 2.55 bits per heavy atom. The number of aliphatic carboxylic acids is 1. The van der Waals surface area contributed by atoms with Crippen LogP contribution in [0.3, 0.4) is 0 Å². The van der Waals surface area contributed by atoms with E-state index < -0.39 is 17.8 Å². The molecule has 0 saturated heterocycles. The van der Waals surface area contributed by atoms with Crippen LogP contribution < -0.4 is 5.73 Å². The average molecular weight is 177 g/mol. The number of amides is 1. The van der Waals surface area contributed by atoms with E-state index in [2.05, 4.69) is 0 Å². The molecule has 0 aromatic carbocycles. The van der Waals surface area contributed by atoms with E-state index in [1.807, 2.05) is 0 Å². The van der Waals surface area contributed by atoms with Crippen molar-refractivity contribution >= 4 is 23.6 Å². The lowest BCUT2D eigenvalue weighted by Crippen LogP contribution is -2.17. The Balaban J connectivity index is 3.39. The zero-order valence-electron chi connectivity index (χ0n) is 6.24. The second-order valence-corrected chi connectivity index (χ2v) is 3.25. The van der Waals surface area contributed by atoms with Gasteiger partial charge in [-0.25, -0.2) is 0 Å². The van der Waals surface area contributed by atoms with E-state index in [1.165, 1.54) is 11.8 Å². The van der Waals surface area contributed by atoms with E-state index in [1.54, 1.807) is 6.92 Å². The summed E-state index contributed by atoms with van der Waals surface area (Å²) in [4.78, 5) is 20.5. The molecule has 0 aromatic heterocycles. The van der Waals surface area contributed by atoms with Gasteiger partial charge in [0.1, 0.15) is 0 Å². The number of carbonyl (C=O) groups excluding carboxylic acids is 1. The molecule has 0 spiro atoms. The highest BCUT2D eigenvalue weighted by Crippen LogP contribution is 2.07. The summed E-state index contributed by atoms with van der Waals surface area (Å²) in [6, 6.07) is 0. The topological polar surface area (TPSA) is 80.4 Å². The normalized spacial score (nSPS) is 12.5. The number of nitrogens with two attached hydrogens (primary N) is 1. The number of carboxylic acids is 1. The first-order valence-corrected chi connectivity index (χ1v) is 4.28. The Morgan fingerprint density at radius 1 is 1.64 bits per heavy atom. The summed E-state index contributed by atoms with van der Waals surface area (Å²) in [5.41, 5.74) is 4.85. The van der Waals surface area contributed by atoms with Gasteiger partial charge in [0, 0.05) is 5.75 Å². The van der Waals surface area contributed by atoms with Crippen molar-refractivity contribution in [3.8, 4) is 0 Å². The molecular formula is C6H11NO3S. The van der Waals surface area contributed by atoms with Crippen LogP contribution in [-0.4, -0.2) is 28.5 Å². The van der Waals surface area contributed by atoms with Gasteiger partial charge < -0.3 is 10.8 Å². The van der Waals surface area contributed by atoms with Crippen LogP contribution in [0.25, 0.3) is 0 Å². The summed E-state index contributed by atoms with van der Waals surface area (Å²) in [5.74, 6) is -1.05. The highest BCUT2D eigenvalue weighted by atomic mass is 32.2. The number of carbonyl (C=O) groups is 2. The van der Waals surface area contributed by atoms with Gasteiger partial charge in [0.15, 0.2) is 0 Å². The molecule has 0 fully saturated rings. The van der Waals surface area contributed by atoms with Crippen molar-refractivity contribution in [3.05, 3.63) is 0 Å². The van der Waals surface area contributed by atoms with Crippen LogP contribution in [0.5, 0.6) is 0 Å². The number of primary amides is 1. The molecule has 1 unspecified atom stereocenters. The zero-order chi connectivity index (χ0) is 8.85. The molecule has 4 nitrogen and oxygen atoms in total. The fourth-order valence-electron chi connectivity index (χ4n) is 0.408. The van der Waals surface area contributed by atoms with Crippen LogP contribution in [0, 0.1) is 5.92 Å². The van der Waals surface area contributed by atoms with Crippen LogP contribution in [-0.2, 0) is 9.59 Å². The van der Waals surface area contributed by atoms with Crippen molar-refractivity contribution < 1.29 is 14.7 Å². The zero-order valence-corrected chi connectivity index (χ0v) is 7.06. The lowest BCUT2D eigenvalue weighted by atomic mass is 10.2. The van der Waals surface area contributed by atoms with Gasteiger partial charge in [-0.05, 0) is 0 Å². The van der Waals surface area contributed by atoms with Gasteiger partial charge in [-0.15, -0.1) is 0 Å². The first kappa shape index (κ1) is 10.3. The Bertz CT molecular complexity index is 160. The number of carboxylic acid groups (broad SMARTS) is 1. The summed E-state index contributed by atoms with van der Waals surface area (Å²) in [7, 11) is 0. The molecule has 1 atom stereocenters. The monoisotopic (exact) mass is 177 g/mol. The quantitative estimate of drug-likeness (QED) is 0.615. The predicted molar refractivity (Wildman–Crippen MR) is 43.3 cm³/mol. The predicted octanol–water partition coefficient (Wildman–Crippen LogP) is -0.0744. The molecule has 64 valence electrons. The minimum absolute atomic E-state index is 0.192. The van der Waals surface area contributed by atoms with Gasteiger partial charge in [-0.2, -0.15) is 11.8 Å². The molecule has 0 aliphatic rings. The average Bonchev–Trinajstić information content (AvgIpc) is 1.86. The van der Waals surface area contributed by atoms with E-state index >= 15 is 0 Å². The van der Waals surface area contributed by atoms with Crippen molar-refractivity contribution in [1.82, 2.24) is 0 Å². The second kappa shape index (κ2) is 5.01. The number of hydrogen-bond acceptors (Lipinski definition) is 3. The van der Waals surface area contributed by atoms with Crippen LogP contribution >= 0.6 is 11.8 Å². The number of rotatable bonds is 5. The third-order valence-electron chi connectivity index (χ3n) is 1.03. The largest absolute Gasteiger partial charge is 0.481 e. The molecule has 0 heterocycles. The molecule has 0 radical (unpaired) electrons. The maximum atomic E-state index is 10.2. The molecule has 11 heavy (non-hydrogen) atoms. The summed E-state index contributed by atoms with van der Waals surface area (Å²) in [5, 5.41) is 8.42. The Labute approximate surface area is 69.1 Å². The Hall–Kier alpha value is -0.710. The van der Waals surface area contributed by atoms with Gasteiger partial charge in [0.05, 0.1) is 11.7 Å². The number of thioether (sulfide) groups is 1. The van der Waals surface area contributed by atoms with Gasteiger partial charge in [-0.3, -0.25) is 9.59 Å². The molecule has 1 amide bonds. The molecule has 0 rings (SSSR count). The van der Waals surface area contributed by atoms with Gasteiger partial charge in [0.2, 0.25) is 5.91 Å². The SMILES string of the molecule is CC(CSCC(N)=O)C(=O)O. The minimum Gasteiger partial charge on any atom is -0.481 e. The molecule has 0 saturated carbocycles. The van der Waals surface area contributed by atoms with Crippen molar-refractivity contribution in [2.45, 2.75) is 6.92 Å². The fraction of sp³-hybridized carbons (Fsp3) is 0.667. The van der Waals surface area contributed by atoms with Gasteiger partial charge in [-0.1, -0.05) is 6.92 Å². The van der Waals surface area contributed by atoms with E-state index in [0.717, 1.165) is 0 Å². The highest BCUT2D eigenvalue weighted by Gasteiger charge is 2.10. The lowest BCUT2D eigenvalue weighted by molar-refractivity contribution is -0.140. The third kappa shape index (κ3) is 5.72. The first-order valence-electron chi connectivity index (χ1n) is 3.13. The van der Waals surface area contributed by atoms with Gasteiger partial charge >= 0.3 is 5.97 Å². The smallest absolute Gasteiger partial charge is 0.307 e. The van der Waals surface area contributed by atoms with E-state index in [-0.39, 0.29) is 5.75 Å². The molecular weight excluding hydrogens is 166 g/mol. The van der Waals surface area contributed by atoms with Crippen molar-refractivity contribution in [2.24, 2.45) is 11.7 Å². The highest BCUT2D eigenvalue weighted by molar-refractivity contribution is 7.99.